The number of hydrogen-bond donors (Lipinski definition) is 1. The van der Waals surface area contributed by atoms with Crippen molar-refractivity contribution in [1.82, 2.24) is 14.9 Å². The summed E-state index contributed by atoms with van der Waals surface area (Å²) in [5.41, 5.74) is 2.23. The Morgan fingerprint density at radius 1 is 1.07 bits per heavy atom. The van der Waals surface area contributed by atoms with Crippen LogP contribution in [0.4, 0.5) is 0 Å². The predicted molar refractivity (Wildman–Crippen MR) is 110 cm³/mol. The molecule has 1 aliphatic rings. The molecule has 1 fully saturated rings. The maximum Gasteiger partial charge on any atom is 0.147 e. The Morgan fingerprint density at radius 2 is 1.85 bits per heavy atom. The molecule has 3 aromatic rings. The average molecular weight is 384 g/mol. The first-order valence-electron chi connectivity index (χ1n) is 9.83. The molecule has 4 rings (SSSR count). The van der Waals surface area contributed by atoms with Crippen molar-refractivity contribution in [2.75, 3.05) is 13.1 Å². The van der Waals surface area contributed by atoms with Crippen LogP contribution in [0, 0.1) is 5.92 Å². The molecule has 0 spiro atoms. The maximum absolute atomic E-state index is 5.96. The Balaban J connectivity index is 1.45. The standard InChI is InChI=1S/C22H26ClN3O/c23-18-7-9-19(10-8-18)27-16-22-25-20-5-1-2-6-21(20)26(22)15-3-4-17-11-13-24-14-12-17/h1-2,5-10,17,24H,3-4,11-16H2. The van der Waals surface area contributed by atoms with Crippen molar-refractivity contribution in [2.24, 2.45) is 5.92 Å². The van der Waals surface area contributed by atoms with Gasteiger partial charge >= 0.3 is 0 Å². The third kappa shape index (κ3) is 4.63. The summed E-state index contributed by atoms with van der Waals surface area (Å²) in [4.78, 5) is 4.81. The van der Waals surface area contributed by atoms with Crippen molar-refractivity contribution in [1.29, 1.82) is 0 Å². The van der Waals surface area contributed by atoms with Crippen LogP contribution in [0.25, 0.3) is 11.0 Å². The van der Waals surface area contributed by atoms with Gasteiger partial charge in [-0.25, -0.2) is 4.98 Å². The van der Waals surface area contributed by atoms with E-state index < -0.39 is 0 Å². The van der Waals surface area contributed by atoms with Crippen LogP contribution in [0.3, 0.4) is 0 Å². The molecule has 1 N–H and O–H groups in total. The highest BCUT2D eigenvalue weighted by Gasteiger charge is 2.15. The van der Waals surface area contributed by atoms with E-state index in [4.69, 9.17) is 21.3 Å². The van der Waals surface area contributed by atoms with Gasteiger partial charge in [0.1, 0.15) is 18.2 Å². The monoisotopic (exact) mass is 383 g/mol. The zero-order valence-electron chi connectivity index (χ0n) is 15.5. The van der Waals surface area contributed by atoms with Crippen molar-refractivity contribution < 1.29 is 4.74 Å². The summed E-state index contributed by atoms with van der Waals surface area (Å²) in [7, 11) is 0. The molecule has 1 aromatic heterocycles. The minimum Gasteiger partial charge on any atom is -0.486 e. The van der Waals surface area contributed by atoms with E-state index in [2.05, 4.69) is 28.1 Å². The second-order valence-electron chi connectivity index (χ2n) is 7.25. The van der Waals surface area contributed by atoms with Gasteiger partial charge in [-0.2, -0.15) is 0 Å². The fraction of sp³-hybridized carbons (Fsp3) is 0.409. The van der Waals surface area contributed by atoms with Crippen molar-refractivity contribution in [3.63, 3.8) is 0 Å². The molecule has 0 atom stereocenters. The Labute approximate surface area is 165 Å². The number of imidazole rings is 1. The number of aromatic nitrogens is 2. The first kappa shape index (κ1) is 18.3. The highest BCUT2D eigenvalue weighted by molar-refractivity contribution is 6.30. The Morgan fingerprint density at radius 3 is 2.67 bits per heavy atom. The van der Waals surface area contributed by atoms with Gasteiger partial charge in [0.25, 0.3) is 0 Å². The van der Waals surface area contributed by atoms with Crippen molar-refractivity contribution in [3.05, 3.63) is 59.4 Å². The first-order valence-corrected chi connectivity index (χ1v) is 10.2. The third-order valence-corrected chi connectivity index (χ3v) is 5.62. The zero-order chi connectivity index (χ0) is 18.5. The van der Waals surface area contributed by atoms with E-state index in [1.165, 1.54) is 44.3 Å². The second-order valence-corrected chi connectivity index (χ2v) is 7.68. The number of benzene rings is 2. The van der Waals surface area contributed by atoms with Gasteiger partial charge in [0.2, 0.25) is 0 Å². The van der Waals surface area contributed by atoms with Gasteiger partial charge in [-0.15, -0.1) is 0 Å². The number of nitrogens with zero attached hydrogens (tertiary/aromatic N) is 2. The topological polar surface area (TPSA) is 39.1 Å². The molecule has 142 valence electrons. The van der Waals surface area contributed by atoms with Gasteiger partial charge in [0.15, 0.2) is 0 Å². The van der Waals surface area contributed by atoms with Crippen molar-refractivity contribution in [2.45, 2.75) is 38.8 Å². The van der Waals surface area contributed by atoms with Gasteiger partial charge in [-0.3, -0.25) is 0 Å². The van der Waals surface area contributed by atoms with Crippen LogP contribution in [0.2, 0.25) is 5.02 Å². The normalized spacial score (nSPS) is 15.3. The summed E-state index contributed by atoms with van der Waals surface area (Å²) in [6, 6.07) is 15.8. The number of hydrogen-bond acceptors (Lipinski definition) is 3. The molecular weight excluding hydrogens is 358 g/mol. The van der Waals surface area contributed by atoms with E-state index in [0.717, 1.165) is 29.6 Å². The predicted octanol–water partition coefficient (Wildman–Crippen LogP) is 5.05. The molecule has 0 bridgehead atoms. The Kier molecular flexibility index (Phi) is 5.95. The van der Waals surface area contributed by atoms with Gasteiger partial charge in [0, 0.05) is 11.6 Å². The molecule has 2 aromatic carbocycles. The van der Waals surface area contributed by atoms with E-state index in [1.54, 1.807) is 0 Å². The highest BCUT2D eigenvalue weighted by atomic mass is 35.5. The lowest BCUT2D eigenvalue weighted by Gasteiger charge is -2.22. The number of halogens is 1. The molecule has 0 amide bonds. The van der Waals surface area contributed by atoms with Crippen LogP contribution in [0.1, 0.15) is 31.5 Å². The number of nitrogens with one attached hydrogen (secondary N) is 1. The molecule has 1 aliphatic heterocycles. The SMILES string of the molecule is Clc1ccc(OCc2nc3ccccc3n2CCCC2CCNCC2)cc1. The first-order chi connectivity index (χ1) is 13.3. The lowest BCUT2D eigenvalue weighted by Crippen LogP contribution is -2.27. The average Bonchev–Trinajstić information content (AvgIpc) is 3.06. The fourth-order valence-electron chi connectivity index (χ4n) is 3.87. The van der Waals surface area contributed by atoms with E-state index in [0.29, 0.717) is 11.6 Å². The van der Waals surface area contributed by atoms with Crippen molar-refractivity contribution in [3.8, 4) is 5.75 Å². The minimum atomic E-state index is 0.462. The van der Waals surface area contributed by atoms with Gasteiger partial charge in [-0.05, 0) is 81.1 Å². The van der Waals surface area contributed by atoms with E-state index in [-0.39, 0.29) is 0 Å². The quantitative estimate of drug-likeness (QED) is 0.620. The molecule has 0 unspecified atom stereocenters. The smallest absolute Gasteiger partial charge is 0.147 e. The van der Waals surface area contributed by atoms with Crippen LogP contribution in [-0.2, 0) is 13.2 Å². The number of ether oxygens (including phenoxy) is 1. The Hall–Kier alpha value is -2.04. The van der Waals surface area contributed by atoms with Crippen LogP contribution >= 0.6 is 11.6 Å². The lowest BCUT2D eigenvalue weighted by molar-refractivity contribution is 0.287. The molecule has 27 heavy (non-hydrogen) atoms. The fourth-order valence-corrected chi connectivity index (χ4v) is 4.00. The summed E-state index contributed by atoms with van der Waals surface area (Å²) in [5, 5.41) is 4.16. The van der Waals surface area contributed by atoms with E-state index in [9.17, 15) is 0 Å². The van der Waals surface area contributed by atoms with Gasteiger partial charge in [0.05, 0.1) is 11.0 Å². The number of para-hydroxylation sites is 2. The lowest BCUT2D eigenvalue weighted by atomic mass is 9.93. The third-order valence-electron chi connectivity index (χ3n) is 5.37. The van der Waals surface area contributed by atoms with Crippen molar-refractivity contribution >= 4 is 22.6 Å². The van der Waals surface area contributed by atoms with E-state index in [1.807, 2.05) is 30.3 Å². The van der Waals surface area contributed by atoms with Crippen LogP contribution in [0.15, 0.2) is 48.5 Å². The summed E-state index contributed by atoms with van der Waals surface area (Å²) in [5.74, 6) is 2.65. The molecule has 1 saturated heterocycles. The minimum absolute atomic E-state index is 0.462. The maximum atomic E-state index is 5.96. The van der Waals surface area contributed by atoms with Crippen LogP contribution < -0.4 is 10.1 Å². The van der Waals surface area contributed by atoms with E-state index >= 15 is 0 Å². The molecule has 0 aliphatic carbocycles. The number of fused-ring (bicyclic) bond motifs is 1. The summed E-state index contributed by atoms with van der Waals surface area (Å²) >= 11 is 5.95. The van der Waals surface area contributed by atoms with Gasteiger partial charge < -0.3 is 14.6 Å². The number of rotatable bonds is 7. The molecule has 5 heteroatoms. The zero-order valence-corrected chi connectivity index (χ0v) is 16.3. The van der Waals surface area contributed by atoms with Crippen LogP contribution in [-0.4, -0.2) is 22.6 Å². The summed E-state index contributed by atoms with van der Waals surface area (Å²) in [6.45, 7) is 3.78. The summed E-state index contributed by atoms with van der Waals surface area (Å²) < 4.78 is 8.29. The number of piperidine rings is 1. The molecular formula is C22H26ClN3O. The molecule has 0 radical (unpaired) electrons. The molecule has 2 heterocycles. The Bertz CT molecular complexity index is 869. The number of aryl methyl sites for hydroxylation is 1. The second kappa shape index (κ2) is 8.77. The summed E-state index contributed by atoms with van der Waals surface area (Å²) in [6.07, 6.45) is 5.07. The molecule has 4 nitrogen and oxygen atoms in total. The largest absolute Gasteiger partial charge is 0.486 e. The molecule has 0 saturated carbocycles. The van der Waals surface area contributed by atoms with Crippen LogP contribution in [0.5, 0.6) is 5.75 Å². The highest BCUT2D eigenvalue weighted by Crippen LogP contribution is 2.22. The van der Waals surface area contributed by atoms with Gasteiger partial charge in [-0.1, -0.05) is 23.7 Å².